The molecule has 0 saturated carbocycles. The molecule has 0 radical (unpaired) electrons. The molecule has 204 valence electrons. The average Bonchev–Trinajstić information content (AvgIpc) is 3.35. The van der Waals surface area contributed by atoms with Crippen molar-refractivity contribution in [3.63, 3.8) is 0 Å². The van der Waals surface area contributed by atoms with E-state index < -0.39 is 29.7 Å². The van der Waals surface area contributed by atoms with Gasteiger partial charge in [0.15, 0.2) is 0 Å². The molecular formula is C29H36F2N4O3. The zero-order chi connectivity index (χ0) is 27.5. The number of nitrogens with one attached hydrogen (secondary N) is 2. The maximum Gasteiger partial charge on any atom is 0.232 e. The van der Waals surface area contributed by atoms with Crippen molar-refractivity contribution in [2.45, 2.75) is 71.1 Å². The van der Waals surface area contributed by atoms with Crippen molar-refractivity contribution in [2.75, 3.05) is 6.54 Å². The van der Waals surface area contributed by atoms with Crippen molar-refractivity contribution in [1.29, 1.82) is 0 Å². The summed E-state index contributed by atoms with van der Waals surface area (Å²) in [5, 5.41) is 16.9. The van der Waals surface area contributed by atoms with Gasteiger partial charge < -0.3 is 15.7 Å². The Morgan fingerprint density at radius 1 is 1.03 bits per heavy atom. The van der Waals surface area contributed by atoms with Crippen molar-refractivity contribution < 1.29 is 23.5 Å². The Morgan fingerprint density at radius 2 is 1.76 bits per heavy atom. The minimum absolute atomic E-state index is 0.0186. The predicted octanol–water partition coefficient (Wildman–Crippen LogP) is 3.97. The summed E-state index contributed by atoms with van der Waals surface area (Å²) >= 11 is 0. The average molecular weight is 527 g/mol. The lowest BCUT2D eigenvalue weighted by atomic mass is 10.00. The van der Waals surface area contributed by atoms with Crippen LogP contribution < -0.4 is 10.6 Å². The molecule has 38 heavy (non-hydrogen) atoms. The number of aliphatic hydroxyl groups excluding tert-OH is 1. The van der Waals surface area contributed by atoms with Crippen LogP contribution in [0.1, 0.15) is 60.4 Å². The van der Waals surface area contributed by atoms with Crippen LogP contribution in [-0.2, 0) is 30.6 Å². The molecule has 0 aliphatic carbocycles. The lowest BCUT2D eigenvalue weighted by Crippen LogP contribution is -2.48. The van der Waals surface area contributed by atoms with Crippen LogP contribution in [0, 0.1) is 11.6 Å². The van der Waals surface area contributed by atoms with Gasteiger partial charge in [-0.25, -0.2) is 13.8 Å². The highest BCUT2D eigenvalue weighted by atomic mass is 19.1. The zero-order valence-corrected chi connectivity index (χ0v) is 21.9. The van der Waals surface area contributed by atoms with E-state index in [1.54, 1.807) is 12.4 Å². The Balaban J connectivity index is 1.62. The van der Waals surface area contributed by atoms with Crippen molar-refractivity contribution in [2.24, 2.45) is 0 Å². The Morgan fingerprint density at radius 3 is 2.47 bits per heavy atom. The van der Waals surface area contributed by atoms with Crippen molar-refractivity contribution in [3.8, 4) is 0 Å². The lowest BCUT2D eigenvalue weighted by Gasteiger charge is -2.25. The fourth-order valence-corrected chi connectivity index (χ4v) is 4.32. The van der Waals surface area contributed by atoms with Gasteiger partial charge in [0.05, 0.1) is 12.1 Å². The first kappa shape index (κ1) is 29.1. The fraction of sp³-hybridized carbons (Fsp3) is 0.414. The Labute approximate surface area is 222 Å². The van der Waals surface area contributed by atoms with Crippen molar-refractivity contribution in [1.82, 2.24) is 20.2 Å². The topological polar surface area (TPSA) is 96.2 Å². The minimum atomic E-state index is -1.04. The summed E-state index contributed by atoms with van der Waals surface area (Å²) in [4.78, 5) is 29.6. The van der Waals surface area contributed by atoms with Gasteiger partial charge in [-0.1, -0.05) is 38.1 Å². The molecule has 0 bridgehead atoms. The zero-order valence-electron chi connectivity index (χ0n) is 21.9. The highest BCUT2D eigenvalue weighted by Gasteiger charge is 2.23. The molecule has 0 unspecified atom stereocenters. The summed E-state index contributed by atoms with van der Waals surface area (Å²) in [5.74, 6) is -1.51. The second kappa shape index (κ2) is 14.5. The molecular weight excluding hydrogens is 490 g/mol. The van der Waals surface area contributed by atoms with Crippen molar-refractivity contribution >= 4 is 11.8 Å². The van der Waals surface area contributed by atoms with Gasteiger partial charge in [-0.2, -0.15) is 0 Å². The number of hydrogen-bond acceptors (Lipinski definition) is 5. The minimum Gasteiger partial charge on any atom is -0.390 e. The van der Waals surface area contributed by atoms with Crippen LogP contribution in [0.4, 0.5) is 8.78 Å². The SMILES string of the molecule is CCCc1nccn1C(=O)CCC(=O)N[C@@H](Cc1cc(F)cc(F)c1)[C@H](O)CNCc1cccc(CC)c1. The standard InChI is InChI=1S/C29H36F2N4O3/c1-3-6-27-33-11-12-35(27)29(38)10-9-28(37)34-25(16-22-14-23(30)17-24(31)15-22)26(36)19-32-18-21-8-5-7-20(4-2)13-21/h5,7-8,11-15,17,25-26,32,36H,3-4,6,9-10,16,18-19H2,1-2H3,(H,34,37)/t25-,26+/m0/s1. The van der Waals surface area contributed by atoms with Crippen LogP contribution in [0.2, 0.25) is 0 Å². The number of aryl methyl sites for hydroxylation is 2. The summed E-state index contributed by atoms with van der Waals surface area (Å²) in [6.07, 6.45) is 4.38. The molecule has 9 heteroatoms. The summed E-state index contributed by atoms with van der Waals surface area (Å²) in [7, 11) is 0. The van der Waals surface area contributed by atoms with E-state index in [0.717, 1.165) is 24.5 Å². The number of imidazole rings is 1. The first-order chi connectivity index (χ1) is 18.3. The van der Waals surface area contributed by atoms with E-state index in [2.05, 4.69) is 28.6 Å². The molecule has 0 aliphatic heterocycles. The molecule has 2 atom stereocenters. The van der Waals surface area contributed by atoms with E-state index in [1.165, 1.54) is 22.3 Å². The number of carbonyl (C=O) groups is 2. The van der Waals surface area contributed by atoms with Gasteiger partial charge in [0, 0.05) is 50.8 Å². The van der Waals surface area contributed by atoms with Gasteiger partial charge >= 0.3 is 0 Å². The van der Waals surface area contributed by atoms with Crippen LogP contribution in [-0.4, -0.2) is 45.2 Å². The maximum atomic E-state index is 13.8. The van der Waals surface area contributed by atoms with Gasteiger partial charge in [-0.05, 0) is 48.1 Å². The quantitative estimate of drug-likeness (QED) is 0.295. The molecule has 2 aromatic carbocycles. The van der Waals surface area contributed by atoms with Crippen LogP contribution in [0.3, 0.4) is 0 Å². The summed E-state index contributed by atoms with van der Waals surface area (Å²) < 4.78 is 29.0. The van der Waals surface area contributed by atoms with E-state index in [4.69, 9.17) is 0 Å². The van der Waals surface area contributed by atoms with E-state index >= 15 is 0 Å². The summed E-state index contributed by atoms with van der Waals surface area (Å²) in [6.45, 7) is 4.73. The molecule has 3 aromatic rings. The molecule has 0 spiro atoms. The third kappa shape index (κ3) is 8.85. The fourth-order valence-electron chi connectivity index (χ4n) is 4.32. The number of hydrogen-bond donors (Lipinski definition) is 3. The second-order valence-corrected chi connectivity index (χ2v) is 9.38. The number of aliphatic hydroxyl groups is 1. The van der Waals surface area contributed by atoms with Gasteiger partial charge in [0.1, 0.15) is 17.5 Å². The molecule has 0 saturated heterocycles. The number of aromatic nitrogens is 2. The molecule has 7 nitrogen and oxygen atoms in total. The molecule has 3 rings (SSSR count). The van der Waals surface area contributed by atoms with E-state index in [-0.39, 0.29) is 31.7 Å². The van der Waals surface area contributed by atoms with Crippen molar-refractivity contribution in [3.05, 3.63) is 89.0 Å². The van der Waals surface area contributed by atoms with E-state index in [0.29, 0.717) is 24.4 Å². The predicted molar refractivity (Wildman–Crippen MR) is 142 cm³/mol. The molecule has 0 fully saturated rings. The first-order valence-corrected chi connectivity index (χ1v) is 13.0. The van der Waals surface area contributed by atoms with Crippen LogP contribution in [0.5, 0.6) is 0 Å². The van der Waals surface area contributed by atoms with Crippen LogP contribution >= 0.6 is 0 Å². The highest BCUT2D eigenvalue weighted by Crippen LogP contribution is 2.13. The smallest absolute Gasteiger partial charge is 0.232 e. The number of amides is 1. The number of halogens is 2. The second-order valence-electron chi connectivity index (χ2n) is 9.38. The van der Waals surface area contributed by atoms with Crippen LogP contribution in [0.15, 0.2) is 54.9 Å². The summed E-state index contributed by atoms with van der Waals surface area (Å²) in [6, 6.07) is 10.4. The van der Waals surface area contributed by atoms with E-state index in [1.807, 2.05) is 25.1 Å². The van der Waals surface area contributed by atoms with E-state index in [9.17, 15) is 23.5 Å². The third-order valence-electron chi connectivity index (χ3n) is 6.30. The summed E-state index contributed by atoms with van der Waals surface area (Å²) in [5.41, 5.74) is 2.57. The molecule has 1 aromatic heterocycles. The first-order valence-electron chi connectivity index (χ1n) is 13.0. The molecule has 3 N–H and O–H groups in total. The largest absolute Gasteiger partial charge is 0.390 e. The van der Waals surface area contributed by atoms with Crippen LogP contribution in [0.25, 0.3) is 0 Å². The number of carbonyl (C=O) groups excluding carboxylic acids is 2. The Hall–Kier alpha value is -3.43. The normalized spacial score (nSPS) is 12.8. The van der Waals surface area contributed by atoms with Gasteiger partial charge in [0.2, 0.25) is 11.8 Å². The monoisotopic (exact) mass is 526 g/mol. The number of rotatable bonds is 14. The molecule has 1 heterocycles. The van der Waals surface area contributed by atoms with Gasteiger partial charge in [0.25, 0.3) is 0 Å². The number of nitrogens with zero attached hydrogens (tertiary/aromatic N) is 2. The van der Waals surface area contributed by atoms with Gasteiger partial charge in [-0.3, -0.25) is 14.2 Å². The van der Waals surface area contributed by atoms with Gasteiger partial charge in [-0.15, -0.1) is 0 Å². The molecule has 0 aliphatic rings. The Bertz CT molecular complexity index is 1190. The maximum absolute atomic E-state index is 13.8. The highest BCUT2D eigenvalue weighted by molar-refractivity contribution is 5.85. The number of benzene rings is 2. The Kier molecular flexibility index (Phi) is 11.1. The lowest BCUT2D eigenvalue weighted by molar-refractivity contribution is -0.122. The third-order valence-corrected chi connectivity index (χ3v) is 6.30. The molecule has 1 amide bonds.